The zero-order valence-electron chi connectivity index (χ0n) is 10.9. The van der Waals surface area contributed by atoms with Crippen molar-refractivity contribution in [3.8, 4) is 11.3 Å². The molecule has 1 aromatic carbocycles. The standard InChI is InChI=1S/C15H17NO3/c1-2-18-16-15(17)11-9-13-8-10-14(19-13)12-6-4-3-5-7-12/h3-8,10H,2,9,11H2,1H3,(H,16,17). The van der Waals surface area contributed by atoms with Gasteiger partial charge in [-0.3, -0.25) is 9.63 Å². The number of carbonyl (C=O) groups excluding carboxylic acids is 1. The number of benzene rings is 1. The second-order valence-corrected chi connectivity index (χ2v) is 4.09. The molecule has 1 aromatic heterocycles. The highest BCUT2D eigenvalue weighted by molar-refractivity contribution is 5.74. The second kappa shape index (κ2) is 6.75. The van der Waals surface area contributed by atoms with E-state index in [1.165, 1.54) is 0 Å². The Bertz CT molecular complexity index is 519. The van der Waals surface area contributed by atoms with Gasteiger partial charge < -0.3 is 4.42 Å². The van der Waals surface area contributed by atoms with Crippen molar-refractivity contribution in [1.29, 1.82) is 0 Å². The summed E-state index contributed by atoms with van der Waals surface area (Å²) < 4.78 is 5.70. The van der Waals surface area contributed by atoms with Crippen LogP contribution in [-0.2, 0) is 16.1 Å². The van der Waals surface area contributed by atoms with E-state index in [-0.39, 0.29) is 5.91 Å². The smallest absolute Gasteiger partial charge is 0.243 e. The van der Waals surface area contributed by atoms with E-state index in [0.29, 0.717) is 19.4 Å². The molecule has 1 heterocycles. The molecule has 0 fully saturated rings. The van der Waals surface area contributed by atoms with Crippen molar-refractivity contribution in [2.24, 2.45) is 0 Å². The number of aryl methyl sites for hydroxylation is 1. The van der Waals surface area contributed by atoms with Gasteiger partial charge in [0.25, 0.3) is 0 Å². The van der Waals surface area contributed by atoms with E-state index in [1.807, 2.05) is 49.4 Å². The minimum atomic E-state index is -0.139. The van der Waals surface area contributed by atoms with Crippen molar-refractivity contribution in [2.45, 2.75) is 19.8 Å². The maximum Gasteiger partial charge on any atom is 0.243 e. The lowest BCUT2D eigenvalue weighted by Gasteiger charge is -2.02. The summed E-state index contributed by atoms with van der Waals surface area (Å²) in [5, 5.41) is 0. The molecular formula is C15H17NO3. The Kier molecular flexibility index (Phi) is 4.75. The van der Waals surface area contributed by atoms with E-state index in [9.17, 15) is 4.79 Å². The number of carbonyl (C=O) groups is 1. The molecule has 0 unspecified atom stereocenters. The molecule has 0 atom stereocenters. The van der Waals surface area contributed by atoms with Crippen molar-refractivity contribution >= 4 is 5.91 Å². The highest BCUT2D eigenvalue weighted by Crippen LogP contribution is 2.22. The molecule has 2 rings (SSSR count). The molecule has 19 heavy (non-hydrogen) atoms. The van der Waals surface area contributed by atoms with E-state index < -0.39 is 0 Å². The van der Waals surface area contributed by atoms with Gasteiger partial charge in [0.1, 0.15) is 11.5 Å². The van der Waals surface area contributed by atoms with Crippen molar-refractivity contribution in [3.05, 3.63) is 48.2 Å². The van der Waals surface area contributed by atoms with Crippen molar-refractivity contribution in [1.82, 2.24) is 5.48 Å². The molecule has 0 aliphatic rings. The molecule has 0 saturated heterocycles. The molecule has 0 aliphatic heterocycles. The van der Waals surface area contributed by atoms with E-state index in [0.717, 1.165) is 17.1 Å². The van der Waals surface area contributed by atoms with Crippen LogP contribution in [0.1, 0.15) is 19.1 Å². The number of furan rings is 1. The van der Waals surface area contributed by atoms with Gasteiger partial charge in [0.05, 0.1) is 6.61 Å². The number of rotatable bonds is 6. The van der Waals surface area contributed by atoms with Crippen LogP contribution in [0.15, 0.2) is 46.9 Å². The van der Waals surface area contributed by atoms with Crippen LogP contribution in [-0.4, -0.2) is 12.5 Å². The first-order valence-electron chi connectivity index (χ1n) is 6.34. The van der Waals surface area contributed by atoms with Crippen LogP contribution in [0.4, 0.5) is 0 Å². The minimum Gasteiger partial charge on any atom is -0.461 e. The van der Waals surface area contributed by atoms with Gasteiger partial charge in [-0.2, -0.15) is 0 Å². The Morgan fingerprint density at radius 1 is 1.21 bits per heavy atom. The summed E-state index contributed by atoms with van der Waals surface area (Å²) >= 11 is 0. The Morgan fingerprint density at radius 2 is 2.00 bits per heavy atom. The maximum absolute atomic E-state index is 11.4. The third-order valence-electron chi connectivity index (χ3n) is 2.65. The summed E-state index contributed by atoms with van der Waals surface area (Å²) in [7, 11) is 0. The largest absolute Gasteiger partial charge is 0.461 e. The normalized spacial score (nSPS) is 10.4. The number of nitrogens with one attached hydrogen (secondary N) is 1. The lowest BCUT2D eigenvalue weighted by atomic mass is 10.2. The van der Waals surface area contributed by atoms with Crippen molar-refractivity contribution in [2.75, 3.05) is 6.61 Å². The predicted octanol–water partition coefficient (Wildman–Crippen LogP) is 2.95. The van der Waals surface area contributed by atoms with Gasteiger partial charge >= 0.3 is 0 Å². The van der Waals surface area contributed by atoms with Crippen LogP contribution in [0.3, 0.4) is 0 Å². The highest BCUT2D eigenvalue weighted by atomic mass is 16.6. The summed E-state index contributed by atoms with van der Waals surface area (Å²) in [4.78, 5) is 16.2. The van der Waals surface area contributed by atoms with E-state index in [2.05, 4.69) is 5.48 Å². The number of amides is 1. The first-order chi connectivity index (χ1) is 9.29. The molecule has 1 amide bonds. The molecule has 0 aliphatic carbocycles. The first kappa shape index (κ1) is 13.4. The SMILES string of the molecule is CCONC(=O)CCc1ccc(-c2ccccc2)o1. The van der Waals surface area contributed by atoms with Gasteiger partial charge in [0, 0.05) is 18.4 Å². The average molecular weight is 259 g/mol. The lowest BCUT2D eigenvalue weighted by Crippen LogP contribution is -2.23. The molecule has 0 bridgehead atoms. The summed E-state index contributed by atoms with van der Waals surface area (Å²) in [5.41, 5.74) is 3.40. The second-order valence-electron chi connectivity index (χ2n) is 4.09. The minimum absolute atomic E-state index is 0.139. The Morgan fingerprint density at radius 3 is 2.74 bits per heavy atom. The van der Waals surface area contributed by atoms with E-state index >= 15 is 0 Å². The third kappa shape index (κ3) is 3.96. The molecule has 2 aromatic rings. The molecule has 0 spiro atoms. The first-order valence-corrected chi connectivity index (χ1v) is 6.34. The van der Waals surface area contributed by atoms with Crippen LogP contribution in [0, 0.1) is 0 Å². The fraction of sp³-hybridized carbons (Fsp3) is 0.267. The molecule has 4 heteroatoms. The Labute approximate surface area is 112 Å². The fourth-order valence-corrected chi connectivity index (χ4v) is 1.71. The van der Waals surface area contributed by atoms with Crippen LogP contribution >= 0.6 is 0 Å². The van der Waals surface area contributed by atoms with E-state index in [4.69, 9.17) is 9.25 Å². The number of hydrogen-bond donors (Lipinski definition) is 1. The Hall–Kier alpha value is -2.07. The molecule has 1 N–H and O–H groups in total. The quantitative estimate of drug-likeness (QED) is 0.811. The van der Waals surface area contributed by atoms with Crippen LogP contribution in [0.2, 0.25) is 0 Å². The number of hydroxylamine groups is 1. The lowest BCUT2D eigenvalue weighted by molar-refractivity contribution is -0.133. The monoisotopic (exact) mass is 259 g/mol. The maximum atomic E-state index is 11.4. The fourth-order valence-electron chi connectivity index (χ4n) is 1.71. The average Bonchev–Trinajstić information content (AvgIpc) is 2.93. The zero-order valence-corrected chi connectivity index (χ0v) is 10.9. The van der Waals surface area contributed by atoms with Crippen LogP contribution < -0.4 is 5.48 Å². The van der Waals surface area contributed by atoms with Gasteiger partial charge in [0.15, 0.2) is 0 Å². The summed E-state index contributed by atoms with van der Waals surface area (Å²) in [6, 6.07) is 13.7. The van der Waals surface area contributed by atoms with Crippen LogP contribution in [0.5, 0.6) is 0 Å². The van der Waals surface area contributed by atoms with Gasteiger partial charge in [0.2, 0.25) is 5.91 Å². The molecule has 0 radical (unpaired) electrons. The van der Waals surface area contributed by atoms with E-state index in [1.54, 1.807) is 0 Å². The predicted molar refractivity (Wildman–Crippen MR) is 72.2 cm³/mol. The Balaban J connectivity index is 1.90. The zero-order chi connectivity index (χ0) is 13.5. The van der Waals surface area contributed by atoms with Gasteiger partial charge in [-0.25, -0.2) is 5.48 Å². The number of hydrogen-bond acceptors (Lipinski definition) is 3. The molecule has 0 saturated carbocycles. The highest BCUT2D eigenvalue weighted by Gasteiger charge is 2.07. The topological polar surface area (TPSA) is 51.5 Å². The molecule has 4 nitrogen and oxygen atoms in total. The molecule has 100 valence electrons. The van der Waals surface area contributed by atoms with Gasteiger partial charge in [-0.05, 0) is 19.1 Å². The van der Waals surface area contributed by atoms with Gasteiger partial charge in [-0.1, -0.05) is 30.3 Å². The van der Waals surface area contributed by atoms with Crippen molar-refractivity contribution < 1.29 is 14.0 Å². The summed E-state index contributed by atoms with van der Waals surface area (Å²) in [6.45, 7) is 2.28. The molecular weight excluding hydrogens is 242 g/mol. The summed E-state index contributed by atoms with van der Waals surface area (Å²) in [5.74, 6) is 1.48. The third-order valence-corrected chi connectivity index (χ3v) is 2.65. The summed E-state index contributed by atoms with van der Waals surface area (Å²) in [6.07, 6.45) is 0.910. The van der Waals surface area contributed by atoms with Gasteiger partial charge in [-0.15, -0.1) is 0 Å². The van der Waals surface area contributed by atoms with Crippen LogP contribution in [0.25, 0.3) is 11.3 Å². The van der Waals surface area contributed by atoms with Crippen molar-refractivity contribution in [3.63, 3.8) is 0 Å².